The SMILES string of the molecule is Cc1cc(C(C)NCCOCCN(C)C)c(C)s1. The lowest BCUT2D eigenvalue weighted by Gasteiger charge is -2.14. The molecule has 0 amide bonds. The van der Waals surface area contributed by atoms with Gasteiger partial charge in [0.1, 0.15) is 0 Å². The van der Waals surface area contributed by atoms with Crippen LogP contribution in [0.3, 0.4) is 0 Å². The lowest BCUT2D eigenvalue weighted by Crippen LogP contribution is -2.25. The van der Waals surface area contributed by atoms with Gasteiger partial charge >= 0.3 is 0 Å². The zero-order valence-electron chi connectivity index (χ0n) is 12.2. The smallest absolute Gasteiger partial charge is 0.0593 e. The molecule has 0 spiro atoms. The highest BCUT2D eigenvalue weighted by Gasteiger charge is 2.10. The Balaban J connectivity index is 2.17. The van der Waals surface area contributed by atoms with Gasteiger partial charge in [-0.05, 0) is 46.5 Å². The van der Waals surface area contributed by atoms with Gasteiger partial charge < -0.3 is 15.0 Å². The molecule has 1 N–H and O–H groups in total. The molecule has 18 heavy (non-hydrogen) atoms. The largest absolute Gasteiger partial charge is 0.379 e. The van der Waals surface area contributed by atoms with Gasteiger partial charge in [-0.25, -0.2) is 0 Å². The number of nitrogens with one attached hydrogen (secondary N) is 1. The molecule has 0 saturated heterocycles. The van der Waals surface area contributed by atoms with Crippen LogP contribution in [0.25, 0.3) is 0 Å². The molecule has 0 aromatic carbocycles. The van der Waals surface area contributed by atoms with E-state index in [-0.39, 0.29) is 0 Å². The highest BCUT2D eigenvalue weighted by Crippen LogP contribution is 2.25. The van der Waals surface area contributed by atoms with Gasteiger partial charge in [-0.3, -0.25) is 0 Å². The van der Waals surface area contributed by atoms with Crippen LogP contribution in [-0.4, -0.2) is 45.3 Å². The highest BCUT2D eigenvalue weighted by atomic mass is 32.1. The van der Waals surface area contributed by atoms with Crippen LogP contribution >= 0.6 is 11.3 Å². The molecule has 0 bridgehead atoms. The Labute approximate surface area is 115 Å². The van der Waals surface area contributed by atoms with E-state index in [2.05, 4.69) is 51.1 Å². The fourth-order valence-electron chi connectivity index (χ4n) is 1.89. The van der Waals surface area contributed by atoms with Gasteiger partial charge in [0.2, 0.25) is 0 Å². The van der Waals surface area contributed by atoms with Crippen LogP contribution < -0.4 is 5.32 Å². The van der Waals surface area contributed by atoms with E-state index in [0.29, 0.717) is 6.04 Å². The second-order valence-corrected chi connectivity index (χ2v) is 6.42. The monoisotopic (exact) mass is 270 g/mol. The Kier molecular flexibility index (Phi) is 6.86. The molecule has 1 aromatic heterocycles. The minimum absolute atomic E-state index is 0.410. The van der Waals surface area contributed by atoms with E-state index in [9.17, 15) is 0 Å². The lowest BCUT2D eigenvalue weighted by atomic mass is 10.1. The predicted octanol–water partition coefficient (Wildman–Crippen LogP) is 2.59. The molecule has 104 valence electrons. The van der Waals surface area contributed by atoms with Crippen molar-refractivity contribution in [2.24, 2.45) is 0 Å². The van der Waals surface area contributed by atoms with Gasteiger partial charge in [-0.15, -0.1) is 11.3 Å². The summed E-state index contributed by atoms with van der Waals surface area (Å²) in [4.78, 5) is 4.94. The first-order valence-electron chi connectivity index (χ1n) is 6.53. The van der Waals surface area contributed by atoms with Gasteiger partial charge in [0.05, 0.1) is 13.2 Å². The number of thiophene rings is 1. The van der Waals surface area contributed by atoms with Crippen molar-refractivity contribution in [3.05, 3.63) is 21.4 Å². The molecular formula is C14H26N2OS. The molecular weight excluding hydrogens is 244 g/mol. The molecule has 0 aliphatic rings. The molecule has 0 fully saturated rings. The second kappa shape index (κ2) is 7.89. The van der Waals surface area contributed by atoms with E-state index < -0.39 is 0 Å². The lowest BCUT2D eigenvalue weighted by molar-refractivity contribution is 0.118. The fourth-order valence-corrected chi connectivity index (χ4v) is 2.91. The zero-order valence-corrected chi connectivity index (χ0v) is 13.1. The topological polar surface area (TPSA) is 24.5 Å². The molecule has 0 aliphatic carbocycles. The van der Waals surface area contributed by atoms with Crippen LogP contribution in [-0.2, 0) is 4.74 Å². The molecule has 1 heterocycles. The van der Waals surface area contributed by atoms with Crippen molar-refractivity contribution in [3.63, 3.8) is 0 Å². The highest BCUT2D eigenvalue weighted by molar-refractivity contribution is 7.12. The summed E-state index contributed by atoms with van der Waals surface area (Å²) in [7, 11) is 4.12. The van der Waals surface area contributed by atoms with Crippen LogP contribution in [0.2, 0.25) is 0 Å². The van der Waals surface area contributed by atoms with Gasteiger partial charge in [0.25, 0.3) is 0 Å². The Morgan fingerprint density at radius 1 is 1.33 bits per heavy atom. The third kappa shape index (κ3) is 5.48. The van der Waals surface area contributed by atoms with E-state index in [1.807, 2.05) is 11.3 Å². The van der Waals surface area contributed by atoms with E-state index in [0.717, 1.165) is 26.3 Å². The van der Waals surface area contributed by atoms with Crippen molar-refractivity contribution < 1.29 is 4.74 Å². The normalized spacial score (nSPS) is 13.2. The maximum atomic E-state index is 5.56. The van der Waals surface area contributed by atoms with Crippen LogP contribution in [0.5, 0.6) is 0 Å². The predicted molar refractivity (Wildman–Crippen MR) is 79.6 cm³/mol. The summed E-state index contributed by atoms with van der Waals surface area (Å²) in [5, 5.41) is 3.51. The Morgan fingerprint density at radius 3 is 2.61 bits per heavy atom. The molecule has 4 heteroatoms. The van der Waals surface area contributed by atoms with Gasteiger partial charge in [0, 0.05) is 28.9 Å². The maximum absolute atomic E-state index is 5.56. The van der Waals surface area contributed by atoms with Crippen LogP contribution in [0.4, 0.5) is 0 Å². The maximum Gasteiger partial charge on any atom is 0.0593 e. The number of hydrogen-bond acceptors (Lipinski definition) is 4. The van der Waals surface area contributed by atoms with Gasteiger partial charge in [-0.2, -0.15) is 0 Å². The molecule has 1 unspecified atom stereocenters. The Hall–Kier alpha value is -0.420. The first-order valence-corrected chi connectivity index (χ1v) is 7.35. The van der Waals surface area contributed by atoms with E-state index in [4.69, 9.17) is 4.74 Å². The van der Waals surface area contributed by atoms with Gasteiger partial charge in [-0.1, -0.05) is 0 Å². The Morgan fingerprint density at radius 2 is 2.06 bits per heavy atom. The van der Waals surface area contributed by atoms with Crippen molar-refractivity contribution in [2.75, 3.05) is 40.4 Å². The summed E-state index contributed by atoms with van der Waals surface area (Å²) in [6.07, 6.45) is 0. The molecule has 1 rings (SSSR count). The number of nitrogens with zero attached hydrogens (tertiary/aromatic N) is 1. The Bertz CT molecular complexity index is 350. The van der Waals surface area contributed by atoms with E-state index >= 15 is 0 Å². The first kappa shape index (κ1) is 15.6. The van der Waals surface area contributed by atoms with Crippen LogP contribution in [0.15, 0.2) is 6.07 Å². The number of ether oxygens (including phenoxy) is 1. The number of rotatable bonds is 8. The molecule has 0 saturated carbocycles. The minimum atomic E-state index is 0.410. The summed E-state index contributed by atoms with van der Waals surface area (Å²) >= 11 is 1.87. The summed E-state index contributed by atoms with van der Waals surface area (Å²) < 4.78 is 5.56. The van der Waals surface area contributed by atoms with Crippen LogP contribution in [0, 0.1) is 13.8 Å². The number of aryl methyl sites for hydroxylation is 2. The van der Waals surface area contributed by atoms with E-state index in [1.165, 1.54) is 15.3 Å². The van der Waals surface area contributed by atoms with Crippen molar-refractivity contribution in [2.45, 2.75) is 26.8 Å². The summed E-state index contributed by atoms with van der Waals surface area (Å²) in [5.41, 5.74) is 1.42. The molecule has 3 nitrogen and oxygen atoms in total. The average Bonchev–Trinajstić information content (AvgIpc) is 2.62. The quantitative estimate of drug-likeness (QED) is 0.735. The number of hydrogen-bond donors (Lipinski definition) is 1. The van der Waals surface area contributed by atoms with Crippen molar-refractivity contribution >= 4 is 11.3 Å². The van der Waals surface area contributed by atoms with Crippen LogP contribution in [0.1, 0.15) is 28.3 Å². The third-order valence-corrected chi connectivity index (χ3v) is 3.91. The summed E-state index contributed by atoms with van der Waals surface area (Å²) in [6, 6.07) is 2.69. The second-order valence-electron chi connectivity index (χ2n) is 4.96. The summed E-state index contributed by atoms with van der Waals surface area (Å²) in [6.45, 7) is 10.0. The number of likely N-dealkylation sites (N-methyl/N-ethyl adjacent to an activating group) is 1. The minimum Gasteiger partial charge on any atom is -0.379 e. The molecule has 1 aromatic rings. The average molecular weight is 270 g/mol. The standard InChI is InChI=1S/C14H26N2OS/c1-11-10-14(13(3)18-11)12(2)15-6-8-17-9-7-16(4)5/h10,12,15H,6-9H2,1-5H3. The zero-order chi connectivity index (χ0) is 13.5. The van der Waals surface area contributed by atoms with Gasteiger partial charge in [0.15, 0.2) is 0 Å². The van der Waals surface area contributed by atoms with Crippen molar-refractivity contribution in [1.82, 2.24) is 10.2 Å². The molecule has 0 radical (unpaired) electrons. The molecule has 1 atom stereocenters. The first-order chi connectivity index (χ1) is 8.50. The van der Waals surface area contributed by atoms with Crippen molar-refractivity contribution in [1.29, 1.82) is 0 Å². The van der Waals surface area contributed by atoms with Crippen molar-refractivity contribution in [3.8, 4) is 0 Å². The van der Waals surface area contributed by atoms with E-state index in [1.54, 1.807) is 0 Å². The fraction of sp³-hybridized carbons (Fsp3) is 0.714. The summed E-state index contributed by atoms with van der Waals surface area (Å²) in [5.74, 6) is 0. The molecule has 0 aliphatic heterocycles. The third-order valence-electron chi connectivity index (χ3n) is 2.93.